The van der Waals surface area contributed by atoms with Gasteiger partial charge in [-0.15, -0.1) is 4.83 Å². The highest BCUT2D eigenvalue weighted by Gasteiger charge is 2.19. The maximum atomic E-state index is 12.3. The molecule has 0 aromatic heterocycles. The highest BCUT2D eigenvalue weighted by Crippen LogP contribution is 2.30. The monoisotopic (exact) mass is 392 g/mol. The summed E-state index contributed by atoms with van der Waals surface area (Å²) in [4.78, 5) is 25.5. The third-order valence-electron chi connectivity index (χ3n) is 3.67. The fourth-order valence-corrected chi connectivity index (χ4v) is 3.22. The number of nitrogens with one attached hydrogen (secondary N) is 2. The zero-order valence-electron chi connectivity index (χ0n) is 14.2. The van der Waals surface area contributed by atoms with Gasteiger partial charge in [-0.05, 0) is 36.4 Å². The first kappa shape index (κ1) is 18.7. The molecule has 9 nitrogen and oxygen atoms in total. The Kier molecular flexibility index (Phi) is 5.28. The van der Waals surface area contributed by atoms with Crippen molar-refractivity contribution in [3.8, 4) is 11.5 Å². The molecular formula is C17H16N2O7S. The molecule has 3 rings (SSSR count). The molecule has 0 spiro atoms. The second-order valence-corrected chi connectivity index (χ2v) is 7.12. The Morgan fingerprint density at radius 3 is 2.48 bits per heavy atom. The number of esters is 1. The SMILES string of the molecule is COC(=O)c1cccc(S(=O)(=O)NNC(=O)c2ccc3c(c2)OCCO3)c1. The molecule has 0 saturated heterocycles. The van der Waals surface area contributed by atoms with Crippen molar-refractivity contribution in [3.05, 3.63) is 53.6 Å². The van der Waals surface area contributed by atoms with Crippen molar-refractivity contribution in [2.45, 2.75) is 4.90 Å². The molecular weight excluding hydrogens is 376 g/mol. The van der Waals surface area contributed by atoms with Crippen LogP contribution < -0.4 is 19.7 Å². The third kappa shape index (κ3) is 4.18. The van der Waals surface area contributed by atoms with Crippen molar-refractivity contribution in [2.24, 2.45) is 0 Å². The average molecular weight is 392 g/mol. The Bertz CT molecular complexity index is 989. The van der Waals surface area contributed by atoms with E-state index in [1.54, 1.807) is 6.07 Å². The number of methoxy groups -OCH3 is 1. The van der Waals surface area contributed by atoms with Crippen LogP contribution >= 0.6 is 0 Å². The minimum Gasteiger partial charge on any atom is -0.486 e. The van der Waals surface area contributed by atoms with E-state index in [4.69, 9.17) is 9.47 Å². The normalized spacial score (nSPS) is 12.9. The van der Waals surface area contributed by atoms with Crippen molar-refractivity contribution in [1.82, 2.24) is 10.3 Å². The Balaban J connectivity index is 1.72. The summed E-state index contributed by atoms with van der Waals surface area (Å²) in [6.07, 6.45) is 0. The highest BCUT2D eigenvalue weighted by atomic mass is 32.2. The quantitative estimate of drug-likeness (QED) is 0.572. The van der Waals surface area contributed by atoms with Crippen LogP contribution in [0.15, 0.2) is 47.4 Å². The number of amides is 1. The topological polar surface area (TPSA) is 120 Å². The van der Waals surface area contributed by atoms with Gasteiger partial charge in [0.15, 0.2) is 11.5 Å². The van der Waals surface area contributed by atoms with Crippen molar-refractivity contribution in [1.29, 1.82) is 0 Å². The summed E-state index contributed by atoms with van der Waals surface area (Å²) in [6, 6.07) is 9.74. The molecule has 0 fully saturated rings. The summed E-state index contributed by atoms with van der Waals surface area (Å²) >= 11 is 0. The standard InChI is InChI=1S/C17H16N2O7S/c1-24-17(21)12-3-2-4-13(9-12)27(22,23)19-18-16(20)11-5-6-14-15(10-11)26-8-7-25-14/h2-6,9-10,19H,7-8H2,1H3,(H,18,20). The van der Waals surface area contributed by atoms with Crippen molar-refractivity contribution >= 4 is 21.9 Å². The summed E-state index contributed by atoms with van der Waals surface area (Å²) < 4.78 is 40.0. The van der Waals surface area contributed by atoms with Crippen LogP contribution in [0.5, 0.6) is 11.5 Å². The maximum Gasteiger partial charge on any atom is 0.337 e. The van der Waals surface area contributed by atoms with Crippen LogP contribution in [0.2, 0.25) is 0 Å². The van der Waals surface area contributed by atoms with Gasteiger partial charge in [-0.2, -0.15) is 0 Å². The Morgan fingerprint density at radius 2 is 1.74 bits per heavy atom. The minimum absolute atomic E-state index is 0.0681. The van der Waals surface area contributed by atoms with E-state index < -0.39 is 21.9 Å². The van der Waals surface area contributed by atoms with Gasteiger partial charge in [-0.3, -0.25) is 10.2 Å². The van der Waals surface area contributed by atoms with Crippen LogP contribution in [0.25, 0.3) is 0 Å². The van der Waals surface area contributed by atoms with Gasteiger partial charge in [-0.25, -0.2) is 13.2 Å². The number of fused-ring (bicyclic) bond motifs is 1. The van der Waals surface area contributed by atoms with E-state index in [2.05, 4.69) is 10.2 Å². The lowest BCUT2D eigenvalue weighted by molar-refractivity contribution is 0.0600. The summed E-state index contributed by atoms with van der Waals surface area (Å²) in [6.45, 7) is 0.782. The molecule has 0 aliphatic carbocycles. The maximum absolute atomic E-state index is 12.3. The summed E-state index contributed by atoms with van der Waals surface area (Å²) in [7, 11) is -2.90. The van der Waals surface area contributed by atoms with Gasteiger partial charge in [-0.1, -0.05) is 6.07 Å². The lowest BCUT2D eigenvalue weighted by atomic mass is 10.2. The molecule has 2 N–H and O–H groups in total. The Morgan fingerprint density at radius 1 is 1.00 bits per heavy atom. The van der Waals surface area contributed by atoms with Gasteiger partial charge < -0.3 is 14.2 Å². The second kappa shape index (κ2) is 7.64. The Labute approximate surface area is 155 Å². The molecule has 1 heterocycles. The zero-order chi connectivity index (χ0) is 19.4. The van der Waals surface area contributed by atoms with Gasteiger partial charge in [0.05, 0.1) is 17.6 Å². The first-order valence-electron chi connectivity index (χ1n) is 7.81. The predicted octanol–water partition coefficient (Wildman–Crippen LogP) is 0.868. The molecule has 27 heavy (non-hydrogen) atoms. The first-order chi connectivity index (χ1) is 12.9. The number of hydrazine groups is 1. The fourth-order valence-electron chi connectivity index (χ4n) is 2.34. The molecule has 0 bridgehead atoms. The van der Waals surface area contributed by atoms with Gasteiger partial charge in [0, 0.05) is 5.56 Å². The first-order valence-corrected chi connectivity index (χ1v) is 9.29. The molecule has 1 amide bonds. The van der Waals surface area contributed by atoms with Crippen LogP contribution in [-0.2, 0) is 14.8 Å². The number of hydrogen-bond donors (Lipinski definition) is 2. The van der Waals surface area contributed by atoms with Crippen molar-refractivity contribution in [2.75, 3.05) is 20.3 Å². The molecule has 0 unspecified atom stereocenters. The molecule has 1 aliphatic heterocycles. The van der Waals surface area contributed by atoms with E-state index in [1.165, 1.54) is 37.4 Å². The number of sulfonamides is 1. The van der Waals surface area contributed by atoms with E-state index in [1.807, 2.05) is 4.83 Å². The largest absolute Gasteiger partial charge is 0.486 e. The van der Waals surface area contributed by atoms with Crippen LogP contribution in [0.1, 0.15) is 20.7 Å². The lowest BCUT2D eigenvalue weighted by Crippen LogP contribution is -2.41. The van der Waals surface area contributed by atoms with Crippen molar-refractivity contribution in [3.63, 3.8) is 0 Å². The van der Waals surface area contributed by atoms with Gasteiger partial charge in [0.25, 0.3) is 15.9 Å². The molecule has 0 atom stereocenters. The van der Waals surface area contributed by atoms with E-state index in [9.17, 15) is 18.0 Å². The van der Waals surface area contributed by atoms with E-state index in [0.717, 1.165) is 6.07 Å². The summed E-state index contributed by atoms with van der Waals surface area (Å²) in [5.74, 6) is -0.437. The van der Waals surface area contributed by atoms with Gasteiger partial charge in [0.1, 0.15) is 13.2 Å². The third-order valence-corrected chi connectivity index (χ3v) is 4.91. The number of ether oxygens (including phenoxy) is 3. The number of carbonyl (C=O) groups is 2. The van der Waals surface area contributed by atoms with Gasteiger partial charge >= 0.3 is 5.97 Å². The van der Waals surface area contributed by atoms with E-state index in [-0.39, 0.29) is 16.0 Å². The van der Waals surface area contributed by atoms with E-state index in [0.29, 0.717) is 24.7 Å². The number of benzene rings is 2. The molecule has 1 aliphatic rings. The number of hydrogen-bond acceptors (Lipinski definition) is 7. The summed E-state index contributed by atoms with van der Waals surface area (Å²) in [5, 5.41) is 0. The molecule has 142 valence electrons. The number of rotatable bonds is 5. The molecule has 0 radical (unpaired) electrons. The minimum atomic E-state index is -4.09. The Hall–Kier alpha value is -3.11. The molecule has 10 heteroatoms. The highest BCUT2D eigenvalue weighted by molar-refractivity contribution is 7.89. The lowest BCUT2D eigenvalue weighted by Gasteiger charge is -2.18. The molecule has 0 saturated carbocycles. The zero-order valence-corrected chi connectivity index (χ0v) is 15.0. The number of carbonyl (C=O) groups excluding carboxylic acids is 2. The predicted molar refractivity (Wildman–Crippen MR) is 93.0 cm³/mol. The summed E-state index contributed by atoms with van der Waals surface area (Å²) in [5.41, 5.74) is 2.37. The van der Waals surface area contributed by atoms with Crippen molar-refractivity contribution < 1.29 is 32.2 Å². The molecule has 2 aromatic rings. The smallest absolute Gasteiger partial charge is 0.337 e. The van der Waals surface area contributed by atoms with Gasteiger partial charge in [0.2, 0.25) is 0 Å². The van der Waals surface area contributed by atoms with Crippen LogP contribution in [-0.4, -0.2) is 40.6 Å². The van der Waals surface area contributed by atoms with Crippen LogP contribution in [0.4, 0.5) is 0 Å². The van der Waals surface area contributed by atoms with E-state index >= 15 is 0 Å². The average Bonchev–Trinajstić information content (AvgIpc) is 2.71. The van der Waals surface area contributed by atoms with Crippen LogP contribution in [0.3, 0.4) is 0 Å². The van der Waals surface area contributed by atoms with Crippen LogP contribution in [0, 0.1) is 0 Å². The second-order valence-electron chi connectivity index (χ2n) is 5.44. The fraction of sp³-hybridized carbons (Fsp3) is 0.176. The molecule has 2 aromatic carbocycles.